The van der Waals surface area contributed by atoms with Gasteiger partial charge in [0.2, 0.25) is 0 Å². The van der Waals surface area contributed by atoms with Gasteiger partial charge in [0.15, 0.2) is 0 Å². The maximum Gasteiger partial charge on any atom is 0.137 e. The molecule has 1 aliphatic rings. The van der Waals surface area contributed by atoms with Crippen molar-refractivity contribution in [2.24, 2.45) is 11.1 Å². The van der Waals surface area contributed by atoms with Crippen LogP contribution in [-0.2, 0) is 5.41 Å². The van der Waals surface area contributed by atoms with Crippen LogP contribution in [0.5, 0.6) is 0 Å². The van der Waals surface area contributed by atoms with Gasteiger partial charge in [-0.05, 0) is 11.8 Å². The highest BCUT2D eigenvalue weighted by molar-refractivity contribution is 6.34. The molecule has 5 heteroatoms. The first-order chi connectivity index (χ1) is 6.94. The molecule has 0 saturated heterocycles. The number of nitrogens with two attached hydrogens (primary N) is 1. The lowest BCUT2D eigenvalue weighted by molar-refractivity contribution is 0.500. The lowest BCUT2D eigenvalue weighted by Crippen LogP contribution is -2.26. The minimum atomic E-state index is -0.150. The molecular weight excluding hydrogens is 233 g/mol. The average molecular weight is 246 g/mol. The zero-order valence-electron chi connectivity index (χ0n) is 8.72. The Labute approximate surface area is 99.0 Å². The third-order valence-electron chi connectivity index (χ3n) is 3.50. The smallest absolute Gasteiger partial charge is 0.137 e. The van der Waals surface area contributed by atoms with E-state index >= 15 is 0 Å². The average Bonchev–Trinajstić information content (AvgIpc) is 2.69. The molecule has 2 N–H and O–H groups in total. The lowest BCUT2D eigenvalue weighted by atomic mass is 9.90. The summed E-state index contributed by atoms with van der Waals surface area (Å²) in [6, 6.07) is 0. The molecule has 2 rings (SSSR count). The fraction of sp³-hybridized carbons (Fsp3) is 0.600. The molecule has 1 aliphatic carbocycles. The van der Waals surface area contributed by atoms with Crippen LogP contribution in [0.15, 0.2) is 6.33 Å². The summed E-state index contributed by atoms with van der Waals surface area (Å²) in [7, 11) is 0. The molecule has 1 unspecified atom stereocenters. The van der Waals surface area contributed by atoms with Crippen molar-refractivity contribution < 1.29 is 0 Å². The molecule has 0 aromatic carbocycles. The van der Waals surface area contributed by atoms with E-state index in [1.54, 1.807) is 0 Å². The summed E-state index contributed by atoms with van der Waals surface area (Å²) in [6.07, 6.45) is 2.34. The minimum Gasteiger partial charge on any atom is -0.330 e. The lowest BCUT2D eigenvalue weighted by Gasteiger charge is -2.20. The first-order valence-corrected chi connectivity index (χ1v) is 5.57. The Hall–Kier alpha value is -0.380. The van der Waals surface area contributed by atoms with Crippen molar-refractivity contribution in [3.63, 3.8) is 0 Å². The Morgan fingerprint density at radius 2 is 1.80 bits per heavy atom. The molecule has 1 saturated carbocycles. The van der Waals surface area contributed by atoms with E-state index in [1.807, 2.05) is 0 Å². The number of aromatic nitrogens is 2. The predicted octanol–water partition coefficient (Wildman–Crippen LogP) is 2.41. The van der Waals surface area contributed by atoms with E-state index in [-0.39, 0.29) is 10.8 Å². The molecule has 1 aromatic rings. The Bertz CT molecular complexity index is 385. The van der Waals surface area contributed by atoms with Crippen molar-refractivity contribution >= 4 is 23.2 Å². The van der Waals surface area contributed by atoms with Gasteiger partial charge < -0.3 is 5.73 Å². The van der Waals surface area contributed by atoms with Crippen LogP contribution in [0.2, 0.25) is 10.3 Å². The van der Waals surface area contributed by atoms with Gasteiger partial charge in [0, 0.05) is 17.5 Å². The molecular formula is C10H13Cl2N3. The van der Waals surface area contributed by atoms with E-state index in [4.69, 9.17) is 28.9 Å². The van der Waals surface area contributed by atoms with E-state index in [0.717, 1.165) is 12.0 Å². The molecule has 1 fully saturated rings. The highest BCUT2D eigenvalue weighted by atomic mass is 35.5. The van der Waals surface area contributed by atoms with Crippen LogP contribution in [0.1, 0.15) is 25.8 Å². The fourth-order valence-corrected chi connectivity index (χ4v) is 3.00. The Kier molecular flexibility index (Phi) is 2.45. The molecule has 0 amide bonds. The van der Waals surface area contributed by atoms with Crippen LogP contribution in [-0.4, -0.2) is 16.5 Å². The fourth-order valence-electron chi connectivity index (χ4n) is 2.33. The summed E-state index contributed by atoms with van der Waals surface area (Å²) in [5.41, 5.74) is 6.62. The first-order valence-electron chi connectivity index (χ1n) is 4.81. The zero-order chi connectivity index (χ0) is 11.3. The van der Waals surface area contributed by atoms with Gasteiger partial charge in [0.1, 0.15) is 16.6 Å². The van der Waals surface area contributed by atoms with Crippen molar-refractivity contribution in [1.29, 1.82) is 0 Å². The second-order valence-electron chi connectivity index (χ2n) is 4.68. The van der Waals surface area contributed by atoms with Crippen LogP contribution in [0.4, 0.5) is 0 Å². The van der Waals surface area contributed by atoms with Crippen molar-refractivity contribution in [2.45, 2.75) is 25.7 Å². The molecule has 15 heavy (non-hydrogen) atoms. The van der Waals surface area contributed by atoms with Crippen LogP contribution >= 0.6 is 23.2 Å². The van der Waals surface area contributed by atoms with Gasteiger partial charge >= 0.3 is 0 Å². The third kappa shape index (κ3) is 1.45. The van der Waals surface area contributed by atoms with E-state index in [2.05, 4.69) is 23.8 Å². The van der Waals surface area contributed by atoms with Gasteiger partial charge in [-0.15, -0.1) is 0 Å². The second-order valence-corrected chi connectivity index (χ2v) is 5.39. The normalized spacial score (nSPS) is 27.8. The first kappa shape index (κ1) is 11.1. The topological polar surface area (TPSA) is 51.8 Å². The van der Waals surface area contributed by atoms with Crippen molar-refractivity contribution in [2.75, 3.05) is 6.54 Å². The third-order valence-corrected chi connectivity index (χ3v) is 4.07. The quantitative estimate of drug-likeness (QED) is 0.815. The highest BCUT2D eigenvalue weighted by Crippen LogP contribution is 2.65. The number of hydrogen-bond donors (Lipinski definition) is 1. The number of halogens is 2. The summed E-state index contributed by atoms with van der Waals surface area (Å²) in [5.74, 6) is 0. The standard InChI is InChI=1S/C10H13Cl2N3/c1-9(2)3-10(9,4-13)6-7(11)14-5-15-8(6)12/h5H,3-4,13H2,1-2H3. The van der Waals surface area contributed by atoms with Gasteiger partial charge in [-0.25, -0.2) is 9.97 Å². The van der Waals surface area contributed by atoms with Crippen LogP contribution in [0, 0.1) is 5.41 Å². The molecule has 82 valence electrons. The molecule has 1 atom stereocenters. The summed E-state index contributed by atoms with van der Waals surface area (Å²) in [5, 5.41) is 0.844. The van der Waals surface area contributed by atoms with Crippen molar-refractivity contribution in [3.8, 4) is 0 Å². The summed E-state index contributed by atoms with van der Waals surface area (Å²) in [4.78, 5) is 7.95. The Balaban J connectivity index is 2.55. The van der Waals surface area contributed by atoms with Gasteiger partial charge in [-0.3, -0.25) is 0 Å². The Morgan fingerprint density at radius 3 is 2.13 bits per heavy atom. The van der Waals surface area contributed by atoms with Crippen LogP contribution < -0.4 is 5.73 Å². The summed E-state index contributed by atoms with van der Waals surface area (Å²) >= 11 is 12.1. The maximum atomic E-state index is 6.07. The maximum absolute atomic E-state index is 6.07. The molecule has 3 nitrogen and oxygen atoms in total. The second kappa shape index (κ2) is 3.30. The van der Waals surface area contributed by atoms with Gasteiger partial charge in [-0.2, -0.15) is 0 Å². The van der Waals surface area contributed by atoms with E-state index in [9.17, 15) is 0 Å². The minimum absolute atomic E-state index is 0.125. The van der Waals surface area contributed by atoms with Crippen molar-refractivity contribution in [3.05, 3.63) is 22.2 Å². The molecule has 0 radical (unpaired) electrons. The number of hydrogen-bond acceptors (Lipinski definition) is 3. The van der Waals surface area contributed by atoms with Crippen LogP contribution in [0.3, 0.4) is 0 Å². The van der Waals surface area contributed by atoms with Crippen LogP contribution in [0.25, 0.3) is 0 Å². The molecule has 0 spiro atoms. The molecule has 0 bridgehead atoms. The largest absolute Gasteiger partial charge is 0.330 e. The molecule has 1 heterocycles. The van der Waals surface area contributed by atoms with E-state index in [1.165, 1.54) is 6.33 Å². The SMILES string of the molecule is CC1(C)CC1(CN)c1c(Cl)ncnc1Cl. The molecule has 0 aliphatic heterocycles. The van der Waals surface area contributed by atoms with E-state index in [0.29, 0.717) is 16.9 Å². The van der Waals surface area contributed by atoms with Gasteiger partial charge in [-0.1, -0.05) is 37.0 Å². The summed E-state index contributed by atoms with van der Waals surface area (Å²) < 4.78 is 0. The zero-order valence-corrected chi connectivity index (χ0v) is 10.2. The summed E-state index contributed by atoms with van der Waals surface area (Å²) in [6.45, 7) is 4.83. The van der Waals surface area contributed by atoms with E-state index < -0.39 is 0 Å². The number of rotatable bonds is 2. The van der Waals surface area contributed by atoms with Crippen molar-refractivity contribution in [1.82, 2.24) is 9.97 Å². The monoisotopic (exact) mass is 245 g/mol. The van der Waals surface area contributed by atoms with Gasteiger partial charge in [0.25, 0.3) is 0 Å². The predicted molar refractivity (Wildman–Crippen MR) is 61.2 cm³/mol. The molecule has 1 aromatic heterocycles. The highest BCUT2D eigenvalue weighted by Gasteiger charge is 2.63. The Morgan fingerprint density at radius 1 is 1.33 bits per heavy atom. The van der Waals surface area contributed by atoms with Gasteiger partial charge in [0.05, 0.1) is 0 Å². The number of nitrogens with zero attached hydrogens (tertiary/aromatic N) is 2.